The van der Waals surface area contributed by atoms with Crippen LogP contribution in [0.4, 0.5) is 11.4 Å². The Morgan fingerprint density at radius 2 is 1.91 bits per heavy atom. The minimum Gasteiger partial charge on any atom is -0.325 e. The molecule has 1 aliphatic carbocycles. The van der Waals surface area contributed by atoms with Crippen LogP contribution in [0, 0.1) is 0 Å². The van der Waals surface area contributed by atoms with Gasteiger partial charge in [-0.05, 0) is 55.5 Å². The van der Waals surface area contributed by atoms with Gasteiger partial charge >= 0.3 is 0 Å². The smallest absolute Gasteiger partial charge is 0.265 e. The van der Waals surface area contributed by atoms with Crippen molar-refractivity contribution in [1.29, 1.82) is 0 Å². The molecule has 2 N–H and O–H groups in total. The Morgan fingerprint density at radius 3 is 2.61 bits per heavy atom. The summed E-state index contributed by atoms with van der Waals surface area (Å²) in [7, 11) is 0. The van der Waals surface area contributed by atoms with Gasteiger partial charge in [0.15, 0.2) is 0 Å². The Morgan fingerprint density at radius 1 is 1.13 bits per heavy atom. The lowest BCUT2D eigenvalue weighted by molar-refractivity contribution is -0.114. The summed E-state index contributed by atoms with van der Waals surface area (Å²) in [6.07, 6.45) is 4.54. The molecule has 4 nitrogen and oxygen atoms in total. The minimum atomic E-state index is -0.187. The van der Waals surface area contributed by atoms with Gasteiger partial charge in [-0.1, -0.05) is 11.6 Å². The zero-order valence-corrected chi connectivity index (χ0v) is 14.3. The second-order valence-electron chi connectivity index (χ2n) is 5.60. The number of carbonyl (C=O) groups is 2. The van der Waals surface area contributed by atoms with Gasteiger partial charge in [-0.15, -0.1) is 11.3 Å². The molecule has 0 saturated carbocycles. The van der Waals surface area contributed by atoms with E-state index >= 15 is 0 Å². The number of rotatable bonds is 3. The summed E-state index contributed by atoms with van der Waals surface area (Å²) in [5, 5.41) is 5.89. The largest absolute Gasteiger partial charge is 0.325 e. The molecular weight excluding hydrogens is 332 g/mol. The Labute approximate surface area is 143 Å². The Kier molecular flexibility index (Phi) is 4.68. The van der Waals surface area contributed by atoms with Gasteiger partial charge < -0.3 is 10.6 Å². The van der Waals surface area contributed by atoms with Crippen LogP contribution in [0.15, 0.2) is 24.3 Å². The number of thiophene rings is 1. The number of fused-ring (bicyclic) bond motifs is 1. The molecule has 0 aliphatic heterocycles. The SMILES string of the molecule is CC(=O)Nc1ccc(NC(=O)c2cc3c(s2)CCCC3)cc1Cl. The van der Waals surface area contributed by atoms with E-state index in [1.165, 1.54) is 30.2 Å². The zero-order chi connectivity index (χ0) is 16.4. The summed E-state index contributed by atoms with van der Waals surface area (Å²) in [4.78, 5) is 25.5. The summed E-state index contributed by atoms with van der Waals surface area (Å²) >= 11 is 7.70. The van der Waals surface area contributed by atoms with Crippen molar-refractivity contribution in [3.8, 4) is 0 Å². The second-order valence-corrected chi connectivity index (χ2v) is 7.14. The first-order valence-electron chi connectivity index (χ1n) is 7.53. The summed E-state index contributed by atoms with van der Waals surface area (Å²) in [6.45, 7) is 1.42. The van der Waals surface area contributed by atoms with Crippen LogP contribution in [0.5, 0.6) is 0 Å². The summed E-state index contributed by atoms with van der Waals surface area (Å²) < 4.78 is 0. The van der Waals surface area contributed by atoms with Gasteiger partial charge in [-0.25, -0.2) is 0 Å². The highest BCUT2D eigenvalue weighted by Gasteiger charge is 2.17. The van der Waals surface area contributed by atoms with Crippen LogP contribution < -0.4 is 10.6 Å². The fraction of sp³-hybridized carbons (Fsp3) is 0.294. The number of aryl methyl sites for hydroxylation is 2. The van der Waals surface area contributed by atoms with Gasteiger partial charge in [-0.2, -0.15) is 0 Å². The van der Waals surface area contributed by atoms with E-state index in [1.54, 1.807) is 29.5 Å². The zero-order valence-electron chi connectivity index (χ0n) is 12.7. The third-order valence-corrected chi connectivity index (χ3v) is 5.31. The first-order valence-corrected chi connectivity index (χ1v) is 8.72. The first-order chi connectivity index (χ1) is 11.0. The summed E-state index contributed by atoms with van der Waals surface area (Å²) in [5.41, 5.74) is 2.45. The van der Waals surface area contributed by atoms with Crippen LogP contribution in [0.1, 0.15) is 39.9 Å². The fourth-order valence-electron chi connectivity index (χ4n) is 2.68. The van der Waals surface area contributed by atoms with Crippen molar-refractivity contribution in [2.75, 3.05) is 10.6 Å². The van der Waals surface area contributed by atoms with Gasteiger partial charge in [0.2, 0.25) is 5.91 Å². The van der Waals surface area contributed by atoms with Gasteiger partial charge in [0.05, 0.1) is 15.6 Å². The van der Waals surface area contributed by atoms with Crippen LogP contribution >= 0.6 is 22.9 Å². The molecule has 1 aliphatic rings. The van der Waals surface area contributed by atoms with Crippen molar-refractivity contribution < 1.29 is 9.59 Å². The van der Waals surface area contributed by atoms with E-state index < -0.39 is 0 Å². The average Bonchev–Trinajstić information content (AvgIpc) is 2.94. The number of carbonyl (C=O) groups excluding carboxylic acids is 2. The summed E-state index contributed by atoms with van der Waals surface area (Å²) in [5.74, 6) is -0.305. The molecule has 2 aromatic rings. The lowest BCUT2D eigenvalue weighted by Crippen LogP contribution is -2.11. The average molecular weight is 349 g/mol. The number of nitrogens with one attached hydrogen (secondary N) is 2. The summed E-state index contributed by atoms with van der Waals surface area (Å²) in [6, 6.07) is 7.04. The van der Waals surface area contributed by atoms with E-state index in [4.69, 9.17) is 11.6 Å². The van der Waals surface area contributed by atoms with Crippen molar-refractivity contribution in [1.82, 2.24) is 0 Å². The van der Waals surface area contributed by atoms with Crippen LogP contribution in [0.3, 0.4) is 0 Å². The molecular formula is C17H17ClN2O2S. The van der Waals surface area contributed by atoms with Crippen LogP contribution in [0.2, 0.25) is 5.02 Å². The van der Waals surface area contributed by atoms with E-state index in [2.05, 4.69) is 10.6 Å². The lowest BCUT2D eigenvalue weighted by atomic mass is 9.99. The van der Waals surface area contributed by atoms with Crippen LogP contribution in [-0.2, 0) is 17.6 Å². The molecule has 0 bridgehead atoms. The number of benzene rings is 1. The molecule has 0 radical (unpaired) electrons. The molecule has 2 amide bonds. The number of hydrogen-bond acceptors (Lipinski definition) is 3. The molecule has 0 fully saturated rings. The van der Waals surface area contributed by atoms with Crippen LogP contribution in [0.25, 0.3) is 0 Å². The maximum Gasteiger partial charge on any atom is 0.265 e. The number of anilines is 2. The van der Waals surface area contributed by atoms with Crippen LogP contribution in [-0.4, -0.2) is 11.8 Å². The number of halogens is 1. The Balaban J connectivity index is 1.73. The number of amides is 2. The Hall–Kier alpha value is -1.85. The fourth-order valence-corrected chi connectivity index (χ4v) is 4.06. The third-order valence-electron chi connectivity index (χ3n) is 3.76. The van der Waals surface area contributed by atoms with Crippen molar-refractivity contribution in [2.24, 2.45) is 0 Å². The molecule has 0 atom stereocenters. The molecule has 1 aromatic carbocycles. The molecule has 1 aromatic heterocycles. The van der Waals surface area contributed by atoms with E-state index in [-0.39, 0.29) is 11.8 Å². The van der Waals surface area contributed by atoms with Crippen molar-refractivity contribution in [3.63, 3.8) is 0 Å². The van der Waals surface area contributed by atoms with E-state index in [1.807, 2.05) is 6.07 Å². The molecule has 23 heavy (non-hydrogen) atoms. The first kappa shape index (κ1) is 16.0. The molecule has 1 heterocycles. The number of hydrogen-bond donors (Lipinski definition) is 2. The topological polar surface area (TPSA) is 58.2 Å². The van der Waals surface area contributed by atoms with Gasteiger partial charge in [0.25, 0.3) is 5.91 Å². The Bertz CT molecular complexity index is 746. The molecule has 6 heteroatoms. The van der Waals surface area contributed by atoms with Gasteiger partial charge in [0.1, 0.15) is 0 Å². The maximum absolute atomic E-state index is 12.4. The molecule has 0 saturated heterocycles. The molecule has 3 rings (SSSR count). The van der Waals surface area contributed by atoms with E-state index in [0.29, 0.717) is 16.4 Å². The highest BCUT2D eigenvalue weighted by molar-refractivity contribution is 7.14. The highest BCUT2D eigenvalue weighted by atomic mass is 35.5. The standard InChI is InChI=1S/C17H17ClN2O2S/c1-10(21)19-14-7-6-12(9-13(14)18)20-17(22)16-8-11-4-2-3-5-15(11)23-16/h6-9H,2-5H2,1H3,(H,19,21)(H,20,22). The molecule has 0 unspecified atom stereocenters. The second kappa shape index (κ2) is 6.72. The van der Waals surface area contributed by atoms with E-state index in [9.17, 15) is 9.59 Å². The molecule has 120 valence electrons. The normalized spacial score (nSPS) is 13.3. The van der Waals surface area contributed by atoms with E-state index in [0.717, 1.165) is 17.7 Å². The monoisotopic (exact) mass is 348 g/mol. The highest BCUT2D eigenvalue weighted by Crippen LogP contribution is 2.31. The lowest BCUT2D eigenvalue weighted by Gasteiger charge is -2.08. The van der Waals surface area contributed by atoms with Gasteiger partial charge in [-0.3, -0.25) is 9.59 Å². The molecule has 0 spiro atoms. The third kappa shape index (κ3) is 3.74. The quantitative estimate of drug-likeness (QED) is 0.858. The van der Waals surface area contributed by atoms with Crippen molar-refractivity contribution in [2.45, 2.75) is 32.6 Å². The predicted octanol–water partition coefficient (Wildman–Crippen LogP) is 4.49. The maximum atomic E-state index is 12.4. The minimum absolute atomic E-state index is 0.118. The predicted molar refractivity (Wildman–Crippen MR) is 94.7 cm³/mol. The van der Waals surface area contributed by atoms with Crippen molar-refractivity contribution >= 4 is 46.1 Å². The van der Waals surface area contributed by atoms with Gasteiger partial charge in [0, 0.05) is 17.5 Å². The van der Waals surface area contributed by atoms with Crippen molar-refractivity contribution in [3.05, 3.63) is 44.6 Å².